The van der Waals surface area contributed by atoms with Crippen molar-refractivity contribution in [1.82, 2.24) is 9.62 Å². The first-order valence-electron chi connectivity index (χ1n) is 9.58. The van der Waals surface area contributed by atoms with E-state index in [2.05, 4.69) is 5.32 Å². The quantitative estimate of drug-likeness (QED) is 0.776. The molecule has 0 radical (unpaired) electrons. The smallest absolute Gasteiger partial charge is 0.251 e. The van der Waals surface area contributed by atoms with Crippen molar-refractivity contribution in [3.63, 3.8) is 0 Å². The highest BCUT2D eigenvalue weighted by Crippen LogP contribution is 2.26. The van der Waals surface area contributed by atoms with Crippen LogP contribution in [0.4, 0.5) is 4.39 Å². The Kier molecular flexibility index (Phi) is 6.54. The fraction of sp³-hybridized carbons (Fsp3) is 0.381. The summed E-state index contributed by atoms with van der Waals surface area (Å²) in [5.41, 5.74) is 0.871. The summed E-state index contributed by atoms with van der Waals surface area (Å²) in [5, 5.41) is 2.82. The van der Waals surface area contributed by atoms with Crippen LogP contribution < -0.4 is 10.1 Å². The molecule has 29 heavy (non-hydrogen) atoms. The number of methoxy groups -OCH3 is 1. The van der Waals surface area contributed by atoms with Crippen LogP contribution in [0, 0.1) is 5.82 Å². The van der Waals surface area contributed by atoms with Crippen molar-refractivity contribution in [2.45, 2.75) is 37.1 Å². The summed E-state index contributed by atoms with van der Waals surface area (Å²) in [6.45, 7) is 2.52. The molecule has 156 valence electrons. The van der Waals surface area contributed by atoms with Crippen molar-refractivity contribution < 1.29 is 22.3 Å². The fourth-order valence-corrected chi connectivity index (χ4v) is 5.08. The Morgan fingerprint density at radius 3 is 2.52 bits per heavy atom. The van der Waals surface area contributed by atoms with E-state index in [9.17, 15) is 17.6 Å². The van der Waals surface area contributed by atoms with Gasteiger partial charge in [-0.2, -0.15) is 4.31 Å². The van der Waals surface area contributed by atoms with Gasteiger partial charge < -0.3 is 10.1 Å². The fourth-order valence-electron chi connectivity index (χ4n) is 3.47. The minimum atomic E-state index is -3.98. The minimum Gasteiger partial charge on any atom is -0.496 e. The van der Waals surface area contributed by atoms with Gasteiger partial charge in [0.15, 0.2) is 0 Å². The van der Waals surface area contributed by atoms with Gasteiger partial charge in [-0.15, -0.1) is 0 Å². The summed E-state index contributed by atoms with van der Waals surface area (Å²) in [5.74, 6) is -0.712. The average molecular weight is 421 g/mol. The van der Waals surface area contributed by atoms with Crippen LogP contribution >= 0.6 is 0 Å². The van der Waals surface area contributed by atoms with Crippen LogP contribution in [0.3, 0.4) is 0 Å². The molecule has 8 heteroatoms. The van der Waals surface area contributed by atoms with Gasteiger partial charge in [-0.05, 0) is 44.0 Å². The lowest BCUT2D eigenvalue weighted by atomic mass is 10.1. The largest absolute Gasteiger partial charge is 0.496 e. The number of hydrogen-bond acceptors (Lipinski definition) is 4. The molecule has 1 amide bonds. The van der Waals surface area contributed by atoms with Crippen LogP contribution in [0.5, 0.6) is 5.75 Å². The first-order valence-corrected chi connectivity index (χ1v) is 11.0. The molecule has 1 aliphatic rings. The highest BCUT2D eigenvalue weighted by molar-refractivity contribution is 7.89. The van der Waals surface area contributed by atoms with E-state index in [1.165, 1.54) is 10.4 Å². The highest BCUT2D eigenvalue weighted by Gasteiger charge is 2.29. The Bertz CT molecular complexity index is 988. The standard InChI is InChI=1S/C21H25FN2O4S/c1-15(17-8-4-5-9-19(17)28-2)23-21(25)16-10-11-18(22)20(14-16)29(26,27)24-12-6-3-7-13-24/h4-5,8-11,14-15H,3,6-7,12-13H2,1-2H3,(H,23,25). The number of para-hydroxylation sites is 1. The highest BCUT2D eigenvalue weighted by atomic mass is 32.2. The number of ether oxygens (including phenoxy) is 1. The molecule has 1 aliphatic heterocycles. The Morgan fingerprint density at radius 2 is 1.83 bits per heavy atom. The molecule has 0 aromatic heterocycles. The van der Waals surface area contributed by atoms with Gasteiger partial charge >= 0.3 is 0 Å². The van der Waals surface area contributed by atoms with Gasteiger partial charge in [0.1, 0.15) is 16.5 Å². The zero-order valence-corrected chi connectivity index (χ0v) is 17.3. The molecular formula is C21H25FN2O4S. The van der Waals surface area contributed by atoms with Gasteiger partial charge in [0, 0.05) is 24.2 Å². The second kappa shape index (κ2) is 8.92. The number of nitrogens with one attached hydrogen (secondary N) is 1. The molecule has 1 atom stereocenters. The summed E-state index contributed by atoms with van der Waals surface area (Å²) < 4.78 is 46.7. The predicted molar refractivity (Wildman–Crippen MR) is 108 cm³/mol. The maximum absolute atomic E-state index is 14.4. The summed E-state index contributed by atoms with van der Waals surface area (Å²) in [7, 11) is -2.43. The van der Waals surface area contributed by atoms with Gasteiger partial charge in [-0.3, -0.25) is 4.79 Å². The maximum Gasteiger partial charge on any atom is 0.251 e. The van der Waals surface area contributed by atoms with E-state index < -0.39 is 26.6 Å². The van der Waals surface area contributed by atoms with Crippen LogP contribution in [-0.4, -0.2) is 38.8 Å². The van der Waals surface area contributed by atoms with E-state index in [0.29, 0.717) is 18.8 Å². The Morgan fingerprint density at radius 1 is 1.14 bits per heavy atom. The minimum absolute atomic E-state index is 0.0868. The summed E-state index contributed by atoms with van der Waals surface area (Å²) >= 11 is 0. The number of nitrogens with zero attached hydrogens (tertiary/aromatic N) is 1. The third kappa shape index (κ3) is 4.59. The lowest BCUT2D eigenvalue weighted by Crippen LogP contribution is -2.36. The van der Waals surface area contributed by atoms with E-state index >= 15 is 0 Å². The molecule has 0 bridgehead atoms. The van der Waals surface area contributed by atoms with Crippen LogP contribution in [-0.2, 0) is 10.0 Å². The third-order valence-electron chi connectivity index (χ3n) is 5.08. The molecule has 0 saturated carbocycles. The zero-order chi connectivity index (χ0) is 21.0. The molecule has 6 nitrogen and oxygen atoms in total. The number of carbonyl (C=O) groups is 1. The van der Waals surface area contributed by atoms with Crippen LogP contribution in [0.25, 0.3) is 0 Å². The van der Waals surface area contributed by atoms with Crippen molar-refractivity contribution in [2.24, 2.45) is 0 Å². The van der Waals surface area contributed by atoms with Gasteiger partial charge in [0.05, 0.1) is 13.2 Å². The number of amides is 1. The Balaban J connectivity index is 1.84. The van der Waals surface area contributed by atoms with E-state index in [0.717, 1.165) is 37.0 Å². The van der Waals surface area contributed by atoms with Gasteiger partial charge in [0.25, 0.3) is 5.91 Å². The third-order valence-corrected chi connectivity index (χ3v) is 6.99. The molecule has 2 aromatic carbocycles. The molecule has 2 aromatic rings. The maximum atomic E-state index is 14.4. The van der Waals surface area contributed by atoms with Crippen molar-refractivity contribution in [3.8, 4) is 5.75 Å². The first-order chi connectivity index (χ1) is 13.8. The number of hydrogen-bond donors (Lipinski definition) is 1. The lowest BCUT2D eigenvalue weighted by Gasteiger charge is -2.26. The number of sulfonamides is 1. The number of halogens is 1. The SMILES string of the molecule is COc1ccccc1C(C)NC(=O)c1ccc(F)c(S(=O)(=O)N2CCCCC2)c1. The average Bonchev–Trinajstić information content (AvgIpc) is 2.74. The Labute approximate surface area is 170 Å². The molecule has 0 spiro atoms. The molecule has 1 unspecified atom stereocenters. The summed E-state index contributed by atoms with van der Waals surface area (Å²) in [4.78, 5) is 12.3. The van der Waals surface area contributed by atoms with Crippen molar-refractivity contribution in [3.05, 3.63) is 59.4 Å². The van der Waals surface area contributed by atoms with Crippen molar-refractivity contribution in [1.29, 1.82) is 0 Å². The molecule has 3 rings (SSSR count). The molecule has 1 N–H and O–H groups in total. The molecule has 1 fully saturated rings. The first kappa shape index (κ1) is 21.3. The van der Waals surface area contributed by atoms with Crippen molar-refractivity contribution >= 4 is 15.9 Å². The van der Waals surface area contributed by atoms with E-state index in [4.69, 9.17) is 4.74 Å². The number of piperidine rings is 1. The molecule has 1 saturated heterocycles. The second-order valence-corrected chi connectivity index (χ2v) is 8.95. The summed E-state index contributed by atoms with van der Waals surface area (Å²) in [6, 6.07) is 10.3. The van der Waals surface area contributed by atoms with Crippen LogP contribution in [0.15, 0.2) is 47.4 Å². The van der Waals surface area contributed by atoms with E-state index in [1.807, 2.05) is 18.2 Å². The Hall–Kier alpha value is -2.45. The number of benzene rings is 2. The predicted octanol–water partition coefficient (Wildman–Crippen LogP) is 3.50. The summed E-state index contributed by atoms with van der Waals surface area (Å²) in [6.07, 6.45) is 2.45. The molecule has 0 aliphatic carbocycles. The molecule has 1 heterocycles. The number of rotatable bonds is 6. The van der Waals surface area contributed by atoms with Crippen LogP contribution in [0.2, 0.25) is 0 Å². The second-order valence-electron chi connectivity index (χ2n) is 7.05. The molecular weight excluding hydrogens is 395 g/mol. The normalized spacial score (nSPS) is 16.2. The van der Waals surface area contributed by atoms with Gasteiger partial charge in [-0.1, -0.05) is 24.6 Å². The van der Waals surface area contributed by atoms with Gasteiger partial charge in [0.2, 0.25) is 10.0 Å². The van der Waals surface area contributed by atoms with E-state index in [-0.39, 0.29) is 11.6 Å². The monoisotopic (exact) mass is 420 g/mol. The van der Waals surface area contributed by atoms with Crippen molar-refractivity contribution in [2.75, 3.05) is 20.2 Å². The lowest BCUT2D eigenvalue weighted by molar-refractivity contribution is 0.0939. The number of carbonyl (C=O) groups excluding carboxylic acids is 1. The zero-order valence-electron chi connectivity index (χ0n) is 16.5. The van der Waals surface area contributed by atoms with Crippen LogP contribution in [0.1, 0.15) is 48.1 Å². The van der Waals surface area contributed by atoms with Gasteiger partial charge in [-0.25, -0.2) is 12.8 Å². The topological polar surface area (TPSA) is 75.7 Å². The van der Waals surface area contributed by atoms with E-state index in [1.54, 1.807) is 20.1 Å².